The Kier molecular flexibility index (Phi) is 6.35. The van der Waals surface area contributed by atoms with Gasteiger partial charge in [0.05, 0.1) is 10.2 Å². The van der Waals surface area contributed by atoms with Crippen molar-refractivity contribution < 1.29 is 4.79 Å². The van der Waals surface area contributed by atoms with Crippen LogP contribution in [0.5, 0.6) is 0 Å². The van der Waals surface area contributed by atoms with Gasteiger partial charge in [-0.05, 0) is 75.7 Å². The van der Waals surface area contributed by atoms with Crippen LogP contribution in [0.15, 0.2) is 47.3 Å². The molecule has 1 aromatic heterocycles. The van der Waals surface area contributed by atoms with E-state index in [0.29, 0.717) is 11.3 Å². The molecule has 158 valence electrons. The van der Waals surface area contributed by atoms with Crippen LogP contribution in [0.2, 0.25) is 0 Å². The molecule has 1 saturated heterocycles. The number of benzene rings is 2. The van der Waals surface area contributed by atoms with E-state index in [1.807, 2.05) is 44.2 Å². The zero-order chi connectivity index (χ0) is 21.1. The maximum atomic E-state index is 12.7. The van der Waals surface area contributed by atoms with E-state index >= 15 is 0 Å². The quantitative estimate of drug-likeness (QED) is 0.608. The number of fused-ring (bicyclic) bond motifs is 1. The lowest BCUT2D eigenvalue weighted by molar-refractivity contribution is 0.102. The first-order valence-electron chi connectivity index (χ1n) is 10.8. The van der Waals surface area contributed by atoms with Gasteiger partial charge in [0, 0.05) is 23.8 Å². The fourth-order valence-electron chi connectivity index (χ4n) is 4.12. The van der Waals surface area contributed by atoms with Crippen molar-refractivity contribution in [2.24, 2.45) is 0 Å². The topological polar surface area (TPSA) is 54.3 Å². The molecule has 1 aliphatic heterocycles. The third-order valence-corrected chi connectivity index (χ3v) is 6.63. The van der Waals surface area contributed by atoms with E-state index in [4.69, 9.17) is 0 Å². The van der Waals surface area contributed by atoms with Crippen LogP contribution in [0, 0.1) is 0 Å². The number of nitrogens with one attached hydrogen (secondary N) is 1. The lowest BCUT2D eigenvalue weighted by Gasteiger charge is -2.19. The van der Waals surface area contributed by atoms with Crippen molar-refractivity contribution in [1.82, 2.24) is 9.47 Å². The SMILES string of the molecule is CC(C)n1c(=O)sc2cc(NC(=O)c3ccc(CN4CCCCCC4)cc3)ccc21. The molecule has 0 aliphatic carbocycles. The monoisotopic (exact) mass is 423 g/mol. The predicted octanol–water partition coefficient (Wildman–Crippen LogP) is 5.27. The van der Waals surface area contributed by atoms with E-state index in [1.54, 1.807) is 4.57 Å². The second kappa shape index (κ2) is 9.14. The summed E-state index contributed by atoms with van der Waals surface area (Å²) in [5.41, 5.74) is 3.51. The zero-order valence-corrected chi connectivity index (χ0v) is 18.5. The van der Waals surface area contributed by atoms with Gasteiger partial charge in [0.1, 0.15) is 0 Å². The number of likely N-dealkylation sites (tertiary alicyclic amines) is 1. The largest absolute Gasteiger partial charge is 0.322 e. The first-order valence-corrected chi connectivity index (χ1v) is 11.6. The maximum absolute atomic E-state index is 12.7. The molecular weight excluding hydrogens is 394 g/mol. The minimum Gasteiger partial charge on any atom is -0.322 e. The molecule has 6 heteroatoms. The Hall–Kier alpha value is -2.44. The first kappa shape index (κ1) is 20.8. The highest BCUT2D eigenvalue weighted by atomic mass is 32.1. The van der Waals surface area contributed by atoms with Crippen molar-refractivity contribution in [3.63, 3.8) is 0 Å². The summed E-state index contributed by atoms with van der Waals surface area (Å²) in [6, 6.07) is 13.7. The first-order chi connectivity index (χ1) is 14.5. The fourth-order valence-corrected chi connectivity index (χ4v) is 5.17. The van der Waals surface area contributed by atoms with Crippen molar-refractivity contribution in [3.8, 4) is 0 Å². The summed E-state index contributed by atoms with van der Waals surface area (Å²) in [6.07, 6.45) is 5.22. The van der Waals surface area contributed by atoms with Crippen LogP contribution < -0.4 is 10.2 Å². The molecule has 2 aromatic carbocycles. The summed E-state index contributed by atoms with van der Waals surface area (Å²) in [5.74, 6) is -0.133. The van der Waals surface area contributed by atoms with Crippen LogP contribution in [-0.2, 0) is 6.54 Å². The van der Waals surface area contributed by atoms with Gasteiger partial charge >= 0.3 is 4.87 Å². The molecule has 1 N–H and O–H groups in total. The lowest BCUT2D eigenvalue weighted by Crippen LogP contribution is -2.24. The van der Waals surface area contributed by atoms with E-state index < -0.39 is 0 Å². The fraction of sp³-hybridized carbons (Fsp3) is 0.417. The number of carbonyl (C=O) groups excluding carboxylic acids is 1. The van der Waals surface area contributed by atoms with Crippen molar-refractivity contribution in [3.05, 3.63) is 63.3 Å². The number of thiazole rings is 1. The van der Waals surface area contributed by atoms with Crippen molar-refractivity contribution in [2.75, 3.05) is 18.4 Å². The highest BCUT2D eigenvalue weighted by Gasteiger charge is 2.13. The summed E-state index contributed by atoms with van der Waals surface area (Å²) >= 11 is 1.22. The molecule has 1 aliphatic rings. The molecule has 3 aromatic rings. The van der Waals surface area contributed by atoms with Crippen LogP contribution >= 0.6 is 11.3 Å². The zero-order valence-electron chi connectivity index (χ0n) is 17.7. The number of rotatable bonds is 5. The molecule has 0 spiro atoms. The number of carbonyl (C=O) groups is 1. The minimum absolute atomic E-state index is 0.0310. The van der Waals surface area contributed by atoms with Gasteiger partial charge in [-0.25, -0.2) is 0 Å². The second-order valence-corrected chi connectivity index (χ2v) is 9.35. The molecule has 4 rings (SSSR count). The van der Waals surface area contributed by atoms with Crippen LogP contribution in [0.4, 0.5) is 5.69 Å². The number of anilines is 1. The highest BCUT2D eigenvalue weighted by molar-refractivity contribution is 7.16. The van der Waals surface area contributed by atoms with E-state index in [1.165, 1.54) is 42.6 Å². The van der Waals surface area contributed by atoms with Crippen LogP contribution in [-0.4, -0.2) is 28.5 Å². The average Bonchev–Trinajstić information content (AvgIpc) is 2.87. The molecule has 0 saturated carbocycles. The number of hydrogen-bond acceptors (Lipinski definition) is 4. The van der Waals surface area contributed by atoms with Crippen molar-refractivity contribution in [1.29, 1.82) is 0 Å². The Balaban J connectivity index is 1.44. The van der Waals surface area contributed by atoms with Gasteiger partial charge in [0.25, 0.3) is 5.91 Å². The van der Waals surface area contributed by atoms with Gasteiger partial charge in [0.15, 0.2) is 0 Å². The third-order valence-electron chi connectivity index (χ3n) is 5.71. The smallest absolute Gasteiger partial charge is 0.308 e. The second-order valence-electron chi connectivity index (χ2n) is 8.36. The summed E-state index contributed by atoms with van der Waals surface area (Å²) in [5, 5.41) is 2.96. The molecule has 0 atom stereocenters. The van der Waals surface area contributed by atoms with E-state index in [9.17, 15) is 9.59 Å². The summed E-state index contributed by atoms with van der Waals surface area (Å²) < 4.78 is 2.67. The number of nitrogens with zero attached hydrogens (tertiary/aromatic N) is 2. The van der Waals surface area contributed by atoms with Crippen LogP contribution in [0.1, 0.15) is 61.5 Å². The van der Waals surface area contributed by atoms with Crippen molar-refractivity contribution in [2.45, 2.75) is 52.1 Å². The van der Waals surface area contributed by atoms with Gasteiger partial charge < -0.3 is 5.32 Å². The number of aromatic nitrogens is 1. The molecule has 0 unspecified atom stereocenters. The number of hydrogen-bond donors (Lipinski definition) is 1. The lowest BCUT2D eigenvalue weighted by atomic mass is 10.1. The van der Waals surface area contributed by atoms with Gasteiger partial charge in [0.2, 0.25) is 0 Å². The molecule has 5 nitrogen and oxygen atoms in total. The van der Waals surface area contributed by atoms with E-state index in [0.717, 1.165) is 29.9 Å². The predicted molar refractivity (Wildman–Crippen MR) is 125 cm³/mol. The van der Waals surface area contributed by atoms with Gasteiger partial charge in [-0.1, -0.05) is 36.3 Å². The average molecular weight is 424 g/mol. The number of amides is 1. The molecule has 1 fully saturated rings. The Morgan fingerprint density at radius 3 is 2.40 bits per heavy atom. The molecule has 0 radical (unpaired) electrons. The molecule has 1 amide bonds. The van der Waals surface area contributed by atoms with Gasteiger partial charge in [-0.2, -0.15) is 0 Å². The standard InChI is InChI=1S/C24H29N3O2S/c1-17(2)27-21-12-11-20(15-22(21)30-24(27)29)25-23(28)19-9-7-18(8-10-19)16-26-13-5-3-4-6-14-26/h7-12,15,17H,3-6,13-14,16H2,1-2H3,(H,25,28). The normalized spacial score (nSPS) is 15.4. The Bertz CT molecular complexity index is 1070. The van der Waals surface area contributed by atoms with Crippen molar-refractivity contribution >= 4 is 33.1 Å². The highest BCUT2D eigenvalue weighted by Crippen LogP contribution is 2.24. The van der Waals surface area contributed by atoms with Gasteiger partial charge in [-0.15, -0.1) is 0 Å². The molecular formula is C24H29N3O2S. The van der Waals surface area contributed by atoms with Crippen LogP contribution in [0.25, 0.3) is 10.2 Å². The molecule has 30 heavy (non-hydrogen) atoms. The summed E-state index contributed by atoms with van der Waals surface area (Å²) in [4.78, 5) is 27.4. The van der Waals surface area contributed by atoms with E-state index in [-0.39, 0.29) is 16.8 Å². The Morgan fingerprint density at radius 2 is 1.73 bits per heavy atom. The Morgan fingerprint density at radius 1 is 1.03 bits per heavy atom. The molecule has 2 heterocycles. The minimum atomic E-state index is -0.133. The van der Waals surface area contributed by atoms with E-state index in [2.05, 4.69) is 22.3 Å². The Labute approximate surface area is 181 Å². The summed E-state index contributed by atoms with van der Waals surface area (Å²) in [7, 11) is 0. The molecule has 0 bridgehead atoms. The van der Waals surface area contributed by atoms with Crippen LogP contribution in [0.3, 0.4) is 0 Å². The maximum Gasteiger partial charge on any atom is 0.308 e. The summed E-state index contributed by atoms with van der Waals surface area (Å²) in [6.45, 7) is 7.27. The van der Waals surface area contributed by atoms with Gasteiger partial charge in [-0.3, -0.25) is 19.1 Å². The third kappa shape index (κ3) is 4.65.